The molecule has 0 saturated heterocycles. The summed E-state index contributed by atoms with van der Waals surface area (Å²) in [6.07, 6.45) is 3.41. The molecular formula is C81H60N4O8. The summed E-state index contributed by atoms with van der Waals surface area (Å²) < 4.78 is 22.8. The van der Waals surface area contributed by atoms with Gasteiger partial charge < -0.3 is 38.5 Å². The minimum absolute atomic E-state index is 0.550. The largest absolute Gasteiger partial charge is 0.497 e. The van der Waals surface area contributed by atoms with Crippen molar-refractivity contribution in [3.63, 3.8) is 0 Å². The monoisotopic (exact) mass is 1220 g/mol. The van der Waals surface area contributed by atoms with Crippen molar-refractivity contribution in [1.29, 1.82) is 0 Å². The Hall–Kier alpha value is -12.3. The van der Waals surface area contributed by atoms with Gasteiger partial charge >= 0.3 is 0 Å². The van der Waals surface area contributed by atoms with Gasteiger partial charge in [0.25, 0.3) is 0 Å². The van der Waals surface area contributed by atoms with E-state index in [-0.39, 0.29) is 0 Å². The highest BCUT2D eigenvalue weighted by atomic mass is 16.5. The van der Waals surface area contributed by atoms with Crippen LogP contribution in [0.5, 0.6) is 23.0 Å². The number of benzene rings is 12. The molecule has 93 heavy (non-hydrogen) atoms. The molecule has 0 fully saturated rings. The van der Waals surface area contributed by atoms with E-state index in [1.807, 2.05) is 194 Å². The Labute approximate surface area is 538 Å². The highest BCUT2D eigenvalue weighted by Gasteiger charge is 2.53. The van der Waals surface area contributed by atoms with Crippen molar-refractivity contribution in [1.82, 2.24) is 0 Å². The zero-order valence-corrected chi connectivity index (χ0v) is 51.3. The van der Waals surface area contributed by atoms with Gasteiger partial charge in [0.1, 0.15) is 48.1 Å². The van der Waals surface area contributed by atoms with Crippen LogP contribution in [-0.2, 0) is 5.41 Å². The first-order chi connectivity index (χ1) is 45.7. The van der Waals surface area contributed by atoms with Crippen molar-refractivity contribution in [2.75, 3.05) is 48.0 Å². The number of hydrogen-bond acceptors (Lipinski definition) is 12. The SMILES string of the molecule is COc1ccc(N(c2ccc(C=O)cc2)c2ccc3c(c2)C2(c4cc(N(c5ccc(C=O)cc5)c5ccc(OC)cc5)ccc4-3)c3cc(N(c4ccc(C=O)cc4)c4ccc(OC)cc4)ccc3-c3ccc(N(c4ccc(C=O)cc4)c4ccc(OC)cc4)cc32)cc1. The van der Waals surface area contributed by atoms with Crippen LogP contribution in [0.2, 0.25) is 0 Å². The van der Waals surface area contributed by atoms with Crippen molar-refractivity contribution in [2.24, 2.45) is 0 Å². The van der Waals surface area contributed by atoms with Gasteiger partial charge in [0.2, 0.25) is 0 Å². The predicted octanol–water partition coefficient (Wildman–Crippen LogP) is 19.2. The zero-order chi connectivity index (χ0) is 63.7. The van der Waals surface area contributed by atoms with Crippen molar-refractivity contribution in [3.8, 4) is 45.3 Å². The lowest BCUT2D eigenvalue weighted by atomic mass is 9.70. The third-order valence-electron chi connectivity index (χ3n) is 17.7. The average Bonchev–Trinajstić information content (AvgIpc) is 1.51. The number of aldehydes is 4. The first-order valence-corrected chi connectivity index (χ1v) is 30.3. The second-order valence-electron chi connectivity index (χ2n) is 22.6. The first kappa shape index (κ1) is 58.4. The van der Waals surface area contributed by atoms with Gasteiger partial charge in [-0.3, -0.25) is 19.2 Å². The van der Waals surface area contributed by atoms with Crippen LogP contribution < -0.4 is 38.5 Å². The van der Waals surface area contributed by atoms with Crippen LogP contribution in [0.4, 0.5) is 68.2 Å². The lowest BCUT2D eigenvalue weighted by Crippen LogP contribution is -2.27. The molecule has 1 spiro atoms. The van der Waals surface area contributed by atoms with E-state index < -0.39 is 5.41 Å². The maximum absolute atomic E-state index is 12.2. The van der Waals surface area contributed by atoms with Crippen LogP contribution in [0.15, 0.2) is 267 Å². The van der Waals surface area contributed by atoms with Gasteiger partial charge in [-0.25, -0.2) is 0 Å². The molecule has 2 aliphatic rings. The van der Waals surface area contributed by atoms with Gasteiger partial charge in [0, 0.05) is 90.5 Å². The zero-order valence-electron chi connectivity index (χ0n) is 51.3. The van der Waals surface area contributed by atoms with Crippen LogP contribution in [-0.4, -0.2) is 53.6 Å². The molecule has 0 saturated carbocycles. The molecule has 0 bridgehead atoms. The van der Waals surface area contributed by atoms with Gasteiger partial charge in [-0.1, -0.05) is 24.3 Å². The minimum atomic E-state index is -1.12. The van der Waals surface area contributed by atoms with Crippen LogP contribution in [0, 0.1) is 0 Å². The smallest absolute Gasteiger partial charge is 0.150 e. The number of anilines is 12. The molecule has 0 aliphatic heterocycles. The van der Waals surface area contributed by atoms with Gasteiger partial charge in [0.15, 0.2) is 0 Å². The van der Waals surface area contributed by atoms with Crippen LogP contribution >= 0.6 is 0 Å². The quantitative estimate of drug-likeness (QED) is 0.0676. The summed E-state index contributed by atoms with van der Waals surface area (Å²) in [5, 5.41) is 0. The molecule has 12 heteroatoms. The predicted molar refractivity (Wildman–Crippen MR) is 369 cm³/mol. The Bertz CT molecular complexity index is 4170. The van der Waals surface area contributed by atoms with E-state index in [4.69, 9.17) is 18.9 Å². The summed E-state index contributed by atoms with van der Waals surface area (Å²) in [5.41, 5.74) is 19.4. The highest BCUT2D eigenvalue weighted by Crippen LogP contribution is 2.65. The van der Waals surface area contributed by atoms with E-state index in [2.05, 4.69) is 92.4 Å². The maximum atomic E-state index is 12.2. The van der Waals surface area contributed by atoms with E-state index in [1.54, 1.807) is 28.4 Å². The van der Waals surface area contributed by atoms with Crippen LogP contribution in [0.3, 0.4) is 0 Å². The molecule has 12 nitrogen and oxygen atoms in total. The molecule has 0 aromatic heterocycles. The Kier molecular flexibility index (Phi) is 15.4. The number of carbonyl (C=O) groups is 4. The summed E-state index contributed by atoms with van der Waals surface area (Å²) in [5.74, 6) is 2.81. The summed E-state index contributed by atoms with van der Waals surface area (Å²) >= 11 is 0. The van der Waals surface area contributed by atoms with Crippen molar-refractivity contribution < 1.29 is 38.1 Å². The maximum Gasteiger partial charge on any atom is 0.150 e. The Morgan fingerprint density at radius 1 is 0.226 bits per heavy atom. The topological polar surface area (TPSA) is 118 Å². The molecule has 0 unspecified atom stereocenters. The van der Waals surface area contributed by atoms with Gasteiger partial charge in [-0.2, -0.15) is 0 Å². The van der Waals surface area contributed by atoms with Crippen LogP contribution in [0.25, 0.3) is 22.3 Å². The number of rotatable bonds is 20. The lowest BCUT2D eigenvalue weighted by molar-refractivity contribution is 0.111. The van der Waals surface area contributed by atoms with Crippen LogP contribution in [0.1, 0.15) is 63.7 Å². The molecule has 0 heterocycles. The fourth-order valence-electron chi connectivity index (χ4n) is 13.3. The van der Waals surface area contributed by atoms with Crippen molar-refractivity contribution in [3.05, 3.63) is 311 Å². The lowest BCUT2D eigenvalue weighted by Gasteiger charge is -2.35. The molecule has 0 N–H and O–H groups in total. The van der Waals surface area contributed by atoms with E-state index in [9.17, 15) is 19.2 Å². The van der Waals surface area contributed by atoms with E-state index in [1.165, 1.54) is 0 Å². The summed E-state index contributed by atoms with van der Waals surface area (Å²) in [7, 11) is 6.61. The standard InChI is InChI=1S/C81H60N4O8/c1-90-69-33-21-61(22-34-69)82(57-13-5-53(49-86)6-14-57)65-29-41-73-74-42-30-66(83(58-15-7-54(50-87)8-16-58)62-23-35-70(91-2)36-24-62)46-78(74)81(77(73)45-65)79-47-67(84(59-17-9-55(51-88)10-18-59)63-25-37-71(92-3)38-26-63)31-43-75(79)76-44-32-68(48-80(76)81)85(60-19-11-56(52-89)12-20-60)64-27-39-72(93-4)40-28-64/h5-52H,1-4H3. The second kappa shape index (κ2) is 24.6. The molecule has 12 aromatic rings. The Morgan fingerprint density at radius 2 is 0.387 bits per heavy atom. The summed E-state index contributed by atoms with van der Waals surface area (Å²) in [6.45, 7) is 0. The average molecular weight is 1220 g/mol. The van der Waals surface area contributed by atoms with Crippen molar-refractivity contribution >= 4 is 93.4 Å². The van der Waals surface area contributed by atoms with Gasteiger partial charge in [-0.05, 0) is 287 Å². The molecular weight excluding hydrogens is 1160 g/mol. The minimum Gasteiger partial charge on any atom is -0.497 e. The third kappa shape index (κ3) is 10.3. The number of nitrogens with zero attached hydrogens (tertiary/aromatic N) is 4. The highest BCUT2D eigenvalue weighted by molar-refractivity contribution is 6.00. The van der Waals surface area contributed by atoms with Gasteiger partial charge in [-0.15, -0.1) is 0 Å². The number of fused-ring (bicyclic) bond motifs is 10. The number of carbonyl (C=O) groups excluding carboxylic acids is 4. The summed E-state index contributed by atoms with van der Waals surface area (Å²) in [6, 6.07) is 89.2. The number of methoxy groups -OCH3 is 4. The van der Waals surface area contributed by atoms with E-state index in [0.29, 0.717) is 45.3 Å². The molecule has 0 radical (unpaired) electrons. The fraction of sp³-hybridized carbons (Fsp3) is 0.0617. The Balaban J connectivity index is 1.10. The number of hydrogen-bond donors (Lipinski definition) is 0. The second-order valence-corrected chi connectivity index (χ2v) is 22.6. The van der Waals surface area contributed by atoms with E-state index in [0.717, 1.165) is 138 Å². The van der Waals surface area contributed by atoms with Crippen molar-refractivity contribution in [2.45, 2.75) is 5.41 Å². The summed E-state index contributed by atoms with van der Waals surface area (Å²) in [4.78, 5) is 57.7. The molecule has 452 valence electrons. The molecule has 0 amide bonds. The molecule has 12 aromatic carbocycles. The Morgan fingerprint density at radius 3 is 0.548 bits per heavy atom. The normalized spacial score (nSPS) is 11.9. The third-order valence-corrected chi connectivity index (χ3v) is 17.7. The fourth-order valence-corrected chi connectivity index (χ4v) is 13.3. The number of ether oxygens (including phenoxy) is 4. The van der Waals surface area contributed by atoms with Gasteiger partial charge in [0.05, 0.1) is 33.9 Å². The molecule has 14 rings (SSSR count). The first-order valence-electron chi connectivity index (χ1n) is 30.3. The van der Waals surface area contributed by atoms with E-state index >= 15 is 0 Å². The molecule has 0 atom stereocenters. The molecule has 2 aliphatic carbocycles.